The average molecular weight is 654 g/mol. The van der Waals surface area contributed by atoms with E-state index in [9.17, 15) is 32.3 Å². The van der Waals surface area contributed by atoms with Gasteiger partial charge in [-0.1, -0.05) is 6.07 Å². The number of carbonyl (C=O) groups is 4. The summed E-state index contributed by atoms with van der Waals surface area (Å²) in [5.41, 5.74) is -1.97. The molecule has 3 N–H and O–H groups in total. The fourth-order valence-corrected chi connectivity index (χ4v) is 5.67. The van der Waals surface area contributed by atoms with Crippen LogP contribution in [0.15, 0.2) is 30.5 Å². The van der Waals surface area contributed by atoms with Gasteiger partial charge in [0.05, 0.1) is 12.8 Å². The molecule has 4 rings (SSSR count). The van der Waals surface area contributed by atoms with Crippen LogP contribution < -0.4 is 16.0 Å². The molecule has 2 aromatic rings. The van der Waals surface area contributed by atoms with Crippen molar-refractivity contribution in [1.29, 1.82) is 0 Å². The van der Waals surface area contributed by atoms with E-state index in [1.807, 2.05) is 12.2 Å². The zero-order chi connectivity index (χ0) is 34.0. The van der Waals surface area contributed by atoms with E-state index < -0.39 is 70.7 Å². The number of benzene rings is 1. The molecule has 46 heavy (non-hydrogen) atoms. The highest BCUT2D eigenvalue weighted by molar-refractivity contribution is 6.01. The highest BCUT2D eigenvalue weighted by Gasteiger charge is 2.51. The van der Waals surface area contributed by atoms with Crippen molar-refractivity contribution in [3.05, 3.63) is 47.5 Å². The lowest BCUT2D eigenvalue weighted by atomic mass is 9.88. The predicted octanol–water partition coefficient (Wildman–Crippen LogP) is 4.93. The summed E-state index contributed by atoms with van der Waals surface area (Å²) in [6.07, 6.45) is -1.46. The third-order valence-electron chi connectivity index (χ3n) is 7.96. The Morgan fingerprint density at radius 3 is 2.13 bits per heavy atom. The van der Waals surface area contributed by atoms with Crippen LogP contribution in [0.2, 0.25) is 0 Å². The second-order valence-electron chi connectivity index (χ2n) is 12.6. The summed E-state index contributed by atoms with van der Waals surface area (Å²) in [5.74, 6) is -6.40. The first-order valence-electron chi connectivity index (χ1n) is 15.1. The zero-order valence-electron chi connectivity index (χ0n) is 26.2. The fourth-order valence-electron chi connectivity index (χ4n) is 5.67. The number of carbonyl (C=O) groups excluding carboxylic acids is 4. The number of aryl methyl sites for hydroxylation is 1. The molecule has 2 unspecified atom stereocenters. The van der Waals surface area contributed by atoms with Gasteiger partial charge in [0.15, 0.2) is 0 Å². The van der Waals surface area contributed by atoms with Gasteiger partial charge in [0, 0.05) is 12.7 Å². The third kappa shape index (κ3) is 8.55. The van der Waals surface area contributed by atoms with E-state index in [0.29, 0.717) is 12.6 Å². The largest absolute Gasteiger partial charge is 0.467 e. The molecule has 252 valence electrons. The fraction of sp³-hybridized carbons (Fsp3) is 0.581. The van der Waals surface area contributed by atoms with Gasteiger partial charge in [-0.3, -0.25) is 14.3 Å². The number of hydrogen-bond donors (Lipinski definition) is 3. The van der Waals surface area contributed by atoms with Gasteiger partial charge in [-0.25, -0.2) is 14.0 Å². The van der Waals surface area contributed by atoms with Gasteiger partial charge in [0.2, 0.25) is 5.91 Å². The summed E-state index contributed by atoms with van der Waals surface area (Å²) in [4.78, 5) is 51.7. The van der Waals surface area contributed by atoms with Crippen LogP contribution in [0.5, 0.6) is 0 Å². The summed E-state index contributed by atoms with van der Waals surface area (Å²) in [6, 6.07) is 0.553. The smallest absolute Gasteiger partial charge is 0.408 e. The van der Waals surface area contributed by atoms with Crippen molar-refractivity contribution in [3.63, 3.8) is 0 Å². The van der Waals surface area contributed by atoms with E-state index in [4.69, 9.17) is 4.74 Å². The second kappa shape index (κ2) is 13.7. The molecule has 15 heteroatoms. The van der Waals surface area contributed by atoms with Gasteiger partial charge >= 0.3 is 18.2 Å². The Morgan fingerprint density at radius 2 is 1.63 bits per heavy atom. The number of amides is 3. The molecule has 0 saturated heterocycles. The molecule has 3 amide bonds. The average Bonchev–Trinajstić information content (AvgIpc) is 3.90. The maximum absolute atomic E-state index is 15.5. The molecule has 2 aliphatic carbocycles. The molecule has 2 saturated carbocycles. The summed E-state index contributed by atoms with van der Waals surface area (Å²) < 4.78 is 69.7. The Bertz CT molecular complexity index is 1440. The molecule has 0 radical (unpaired) electrons. The first kappa shape index (κ1) is 34.7. The Hall–Kier alpha value is -4.17. The molecule has 2 aliphatic rings. The number of rotatable bonds is 12. The lowest BCUT2D eigenvalue weighted by molar-refractivity contribution is -0.170. The number of methoxy groups -OCH3 is 1. The predicted molar refractivity (Wildman–Crippen MR) is 157 cm³/mol. The van der Waals surface area contributed by atoms with Gasteiger partial charge in [0.25, 0.3) is 5.91 Å². The second-order valence-corrected chi connectivity index (χ2v) is 12.6. The summed E-state index contributed by atoms with van der Waals surface area (Å²) in [6.45, 7) is 6.68. The van der Waals surface area contributed by atoms with Crippen LogP contribution in [0, 0.1) is 23.6 Å². The lowest BCUT2D eigenvalue weighted by Gasteiger charge is -2.30. The van der Waals surface area contributed by atoms with Gasteiger partial charge in [0.1, 0.15) is 35.1 Å². The Kier molecular flexibility index (Phi) is 10.3. The van der Waals surface area contributed by atoms with Crippen molar-refractivity contribution in [3.8, 4) is 0 Å². The molecule has 11 nitrogen and oxygen atoms in total. The van der Waals surface area contributed by atoms with Crippen molar-refractivity contribution >= 4 is 29.6 Å². The van der Waals surface area contributed by atoms with Crippen LogP contribution in [0.3, 0.4) is 0 Å². The van der Waals surface area contributed by atoms with Crippen molar-refractivity contribution in [1.82, 2.24) is 20.4 Å². The van der Waals surface area contributed by atoms with Crippen molar-refractivity contribution in [2.75, 3.05) is 12.4 Å². The van der Waals surface area contributed by atoms with Crippen molar-refractivity contribution < 1.29 is 46.2 Å². The van der Waals surface area contributed by atoms with E-state index in [1.54, 1.807) is 0 Å². The molecular weight excluding hydrogens is 614 g/mol. The highest BCUT2D eigenvalue weighted by Crippen LogP contribution is 2.51. The van der Waals surface area contributed by atoms with E-state index in [-0.39, 0.29) is 23.4 Å². The van der Waals surface area contributed by atoms with Crippen LogP contribution in [0.25, 0.3) is 0 Å². The SMILES string of the molecule is CCn1nccc1C(=O)N[C@H](C(=O)Nc1ccc(C(C(NC(=O)OC(C)(C)C)C(=O)OC)C(F)(F)F)cc1F)C(C1CC1)C1CC1. The number of halogens is 4. The van der Waals surface area contributed by atoms with E-state index >= 15 is 4.39 Å². The Balaban J connectivity index is 1.60. The normalized spacial score (nSPS) is 17.1. The topological polar surface area (TPSA) is 141 Å². The quantitative estimate of drug-likeness (QED) is 0.218. The number of alkyl carbamates (subject to hydrolysis) is 1. The molecule has 1 aromatic heterocycles. The number of anilines is 1. The Morgan fingerprint density at radius 1 is 1.00 bits per heavy atom. The summed E-state index contributed by atoms with van der Waals surface area (Å²) in [7, 11) is 0.848. The molecule has 0 bridgehead atoms. The number of ether oxygens (including phenoxy) is 2. The van der Waals surface area contributed by atoms with Crippen molar-refractivity contribution in [2.45, 2.75) is 89.7 Å². The van der Waals surface area contributed by atoms with E-state index in [1.165, 1.54) is 37.7 Å². The first-order chi connectivity index (χ1) is 21.5. The van der Waals surface area contributed by atoms with Crippen LogP contribution in [-0.4, -0.2) is 64.6 Å². The van der Waals surface area contributed by atoms with Crippen molar-refractivity contribution in [2.24, 2.45) is 17.8 Å². The number of alkyl halides is 3. The summed E-state index contributed by atoms with van der Waals surface area (Å²) in [5, 5.41) is 11.2. The first-order valence-corrected chi connectivity index (χ1v) is 15.1. The molecule has 3 atom stereocenters. The number of hydrogen-bond acceptors (Lipinski definition) is 7. The van der Waals surface area contributed by atoms with E-state index in [2.05, 4.69) is 20.5 Å². The summed E-state index contributed by atoms with van der Waals surface area (Å²) >= 11 is 0. The maximum Gasteiger partial charge on any atom is 0.408 e. The zero-order valence-corrected chi connectivity index (χ0v) is 26.2. The van der Waals surface area contributed by atoms with Gasteiger partial charge in [-0.05, 0) is 94.9 Å². The number of nitrogens with one attached hydrogen (secondary N) is 3. The number of esters is 1. The lowest BCUT2D eigenvalue weighted by Crippen LogP contribution is -2.51. The van der Waals surface area contributed by atoms with Gasteiger partial charge in [-0.15, -0.1) is 0 Å². The molecular formula is C31H39F4N5O6. The molecule has 2 fully saturated rings. The monoisotopic (exact) mass is 653 g/mol. The molecule has 1 heterocycles. The molecule has 1 aromatic carbocycles. The third-order valence-corrected chi connectivity index (χ3v) is 7.96. The van der Waals surface area contributed by atoms with E-state index in [0.717, 1.165) is 44.9 Å². The number of nitrogens with zero attached hydrogens (tertiary/aromatic N) is 2. The Labute approximate surface area is 263 Å². The minimum atomic E-state index is -5.15. The number of aromatic nitrogens is 2. The van der Waals surface area contributed by atoms with Crippen LogP contribution >= 0.6 is 0 Å². The highest BCUT2D eigenvalue weighted by atomic mass is 19.4. The molecule has 0 spiro atoms. The van der Waals surface area contributed by atoms with Crippen LogP contribution in [0.1, 0.15) is 75.3 Å². The standard InChI is InChI=1S/C31H39F4N5O6/c1-6-40-21(13-14-36-40)26(41)38-24(22(16-7-8-16)17-9-10-17)27(42)37-20-12-11-18(15-19(20)32)23(31(33,34)35)25(28(43)45-5)39-29(44)46-30(2,3)4/h11-17,22-25H,6-10H2,1-5H3,(H,37,42)(H,38,41)(H,39,44)/t23?,24-,25?/m0/s1. The van der Waals surface area contributed by atoms with Gasteiger partial charge in [-0.2, -0.15) is 18.3 Å². The minimum Gasteiger partial charge on any atom is -0.467 e. The maximum atomic E-state index is 15.5. The minimum absolute atomic E-state index is 0.196. The molecule has 0 aliphatic heterocycles. The van der Waals surface area contributed by atoms with Crippen LogP contribution in [-0.2, 0) is 25.6 Å². The van der Waals surface area contributed by atoms with Crippen LogP contribution in [0.4, 0.5) is 28.0 Å². The van der Waals surface area contributed by atoms with Gasteiger partial charge < -0.3 is 25.4 Å².